The first kappa shape index (κ1) is 28.8. The van der Waals surface area contributed by atoms with Crippen LogP contribution >= 0.6 is 11.3 Å². The van der Waals surface area contributed by atoms with Crippen molar-refractivity contribution in [3.8, 4) is 10.4 Å². The normalized spacial score (nSPS) is 17.6. The standard InChI is InChI=1S/C25H34F3N5O3S/c1-13-9-8-10-33(13)22(35)18-19(37-21(31-18)20(34)30-14(2)24(6,7)36)15-12-29-17(32-23(3,4)5)11-16(15)25(26,27)28/h11-14,36H,8-10H2,1-7H3,(H,29,32)(H,30,34). The fourth-order valence-electron chi connectivity index (χ4n) is 3.87. The van der Waals surface area contributed by atoms with Gasteiger partial charge >= 0.3 is 6.18 Å². The number of hydrogen-bond acceptors (Lipinski definition) is 7. The first-order valence-electron chi connectivity index (χ1n) is 12.1. The van der Waals surface area contributed by atoms with E-state index >= 15 is 0 Å². The lowest BCUT2D eigenvalue weighted by Crippen LogP contribution is -2.47. The fraction of sp³-hybridized carbons (Fsp3) is 0.600. The van der Waals surface area contributed by atoms with Crippen molar-refractivity contribution >= 4 is 29.0 Å². The predicted molar refractivity (Wildman–Crippen MR) is 137 cm³/mol. The van der Waals surface area contributed by atoms with Crippen LogP contribution in [-0.4, -0.2) is 61.6 Å². The Hall–Kier alpha value is -2.73. The van der Waals surface area contributed by atoms with Crippen LogP contribution in [0.1, 0.15) is 87.2 Å². The van der Waals surface area contributed by atoms with Gasteiger partial charge in [-0.2, -0.15) is 13.2 Å². The maximum atomic E-state index is 14.2. The number of alkyl halides is 3. The molecule has 2 unspecified atom stereocenters. The van der Waals surface area contributed by atoms with E-state index in [9.17, 15) is 27.9 Å². The van der Waals surface area contributed by atoms with E-state index in [1.54, 1.807) is 32.6 Å². The van der Waals surface area contributed by atoms with E-state index < -0.39 is 40.7 Å². The molecule has 1 aliphatic heterocycles. The second kappa shape index (κ2) is 10.2. The molecule has 1 saturated heterocycles. The summed E-state index contributed by atoms with van der Waals surface area (Å²) in [5, 5.41) is 15.6. The number of carbonyl (C=O) groups excluding carboxylic acids is 2. The van der Waals surface area contributed by atoms with E-state index in [0.29, 0.717) is 17.9 Å². The molecule has 2 aromatic rings. The van der Waals surface area contributed by atoms with Gasteiger partial charge in [0, 0.05) is 29.9 Å². The van der Waals surface area contributed by atoms with Crippen molar-refractivity contribution in [1.29, 1.82) is 0 Å². The van der Waals surface area contributed by atoms with E-state index in [0.717, 1.165) is 25.1 Å². The zero-order chi connectivity index (χ0) is 27.9. The molecule has 37 heavy (non-hydrogen) atoms. The first-order chi connectivity index (χ1) is 16.9. The minimum atomic E-state index is -4.75. The molecule has 0 bridgehead atoms. The third-order valence-electron chi connectivity index (χ3n) is 6.20. The number of rotatable bonds is 6. The highest BCUT2D eigenvalue weighted by Crippen LogP contribution is 2.42. The second-order valence-corrected chi connectivity index (χ2v) is 12.0. The Kier molecular flexibility index (Phi) is 7.95. The van der Waals surface area contributed by atoms with Gasteiger partial charge in [-0.05, 0) is 67.4 Å². The molecule has 2 atom stereocenters. The Morgan fingerprint density at radius 3 is 2.38 bits per heavy atom. The number of halogens is 3. The molecule has 3 rings (SSSR count). The van der Waals surface area contributed by atoms with Gasteiger partial charge in [0.15, 0.2) is 5.01 Å². The number of nitrogens with zero attached hydrogens (tertiary/aromatic N) is 3. The maximum Gasteiger partial charge on any atom is 0.417 e. The van der Waals surface area contributed by atoms with E-state index in [4.69, 9.17) is 0 Å². The number of nitrogens with one attached hydrogen (secondary N) is 2. The average Bonchev–Trinajstić information content (AvgIpc) is 3.37. The summed E-state index contributed by atoms with van der Waals surface area (Å²) in [5.41, 5.74) is -3.31. The van der Waals surface area contributed by atoms with Gasteiger partial charge in [0.1, 0.15) is 11.5 Å². The topological polar surface area (TPSA) is 107 Å². The van der Waals surface area contributed by atoms with Gasteiger partial charge in [0.05, 0.1) is 22.1 Å². The van der Waals surface area contributed by atoms with Crippen LogP contribution in [0.3, 0.4) is 0 Å². The van der Waals surface area contributed by atoms with Gasteiger partial charge in [0.2, 0.25) is 0 Å². The minimum Gasteiger partial charge on any atom is -0.388 e. The summed E-state index contributed by atoms with van der Waals surface area (Å²) in [4.78, 5) is 36.3. The highest BCUT2D eigenvalue weighted by molar-refractivity contribution is 7.17. The van der Waals surface area contributed by atoms with Crippen LogP contribution in [0.15, 0.2) is 12.3 Å². The summed E-state index contributed by atoms with van der Waals surface area (Å²) >= 11 is 0.698. The number of thiazole rings is 1. The number of carbonyl (C=O) groups is 2. The summed E-state index contributed by atoms with van der Waals surface area (Å²) in [6, 6.07) is 0.122. The average molecular weight is 542 g/mol. The molecule has 3 heterocycles. The Morgan fingerprint density at radius 1 is 1.22 bits per heavy atom. The lowest BCUT2D eigenvalue weighted by molar-refractivity contribution is -0.137. The van der Waals surface area contributed by atoms with Gasteiger partial charge < -0.3 is 20.6 Å². The van der Waals surface area contributed by atoms with Crippen LogP contribution < -0.4 is 10.6 Å². The number of aromatic nitrogens is 2. The lowest BCUT2D eigenvalue weighted by atomic mass is 10.0. The summed E-state index contributed by atoms with van der Waals surface area (Å²) in [7, 11) is 0. The molecule has 2 aromatic heterocycles. The Labute approximate surface area is 218 Å². The maximum absolute atomic E-state index is 14.2. The molecule has 8 nitrogen and oxygen atoms in total. The van der Waals surface area contributed by atoms with Crippen molar-refractivity contribution in [3.63, 3.8) is 0 Å². The third-order valence-corrected chi connectivity index (χ3v) is 7.29. The van der Waals surface area contributed by atoms with Crippen LogP contribution in [0.2, 0.25) is 0 Å². The van der Waals surface area contributed by atoms with Crippen LogP contribution in [-0.2, 0) is 6.18 Å². The molecule has 0 aromatic carbocycles. The molecule has 3 N–H and O–H groups in total. The van der Waals surface area contributed by atoms with E-state index in [-0.39, 0.29) is 33.0 Å². The van der Waals surface area contributed by atoms with Crippen LogP contribution in [0, 0.1) is 0 Å². The van der Waals surface area contributed by atoms with Crippen LogP contribution in [0.4, 0.5) is 19.0 Å². The van der Waals surface area contributed by atoms with Crippen molar-refractivity contribution in [2.75, 3.05) is 11.9 Å². The van der Waals surface area contributed by atoms with Crippen molar-refractivity contribution in [3.05, 3.63) is 28.5 Å². The molecular formula is C25H34F3N5O3S. The molecule has 1 fully saturated rings. The van der Waals surface area contributed by atoms with E-state index in [1.807, 2.05) is 6.92 Å². The Morgan fingerprint density at radius 2 is 1.86 bits per heavy atom. The summed E-state index contributed by atoms with van der Waals surface area (Å²) in [6.07, 6.45) is -2.15. The highest BCUT2D eigenvalue weighted by atomic mass is 32.1. The quantitative estimate of drug-likeness (QED) is 0.478. The number of anilines is 1. The van der Waals surface area contributed by atoms with Crippen LogP contribution in [0.5, 0.6) is 0 Å². The molecule has 2 amide bonds. The lowest BCUT2D eigenvalue weighted by Gasteiger charge is -2.26. The molecule has 0 saturated carbocycles. The molecule has 0 aliphatic carbocycles. The third kappa shape index (κ3) is 6.78. The van der Waals surface area contributed by atoms with Crippen molar-refractivity contribution in [1.82, 2.24) is 20.2 Å². The van der Waals surface area contributed by atoms with Crippen molar-refractivity contribution < 1.29 is 27.9 Å². The largest absolute Gasteiger partial charge is 0.417 e. The van der Waals surface area contributed by atoms with Gasteiger partial charge in [-0.1, -0.05) is 0 Å². The van der Waals surface area contributed by atoms with Gasteiger partial charge in [-0.25, -0.2) is 9.97 Å². The van der Waals surface area contributed by atoms with E-state index in [1.165, 1.54) is 13.8 Å². The molecule has 1 aliphatic rings. The molecular weight excluding hydrogens is 507 g/mol. The number of likely N-dealkylation sites (tertiary alicyclic amines) is 1. The molecule has 0 spiro atoms. The SMILES string of the molecule is CC1CCCN1C(=O)c1nc(C(=O)NC(C)C(C)(C)O)sc1-c1cnc(NC(C)(C)C)cc1C(F)(F)F. The highest BCUT2D eigenvalue weighted by Gasteiger charge is 2.38. The minimum absolute atomic E-state index is 0.0334. The number of amides is 2. The first-order valence-corrected chi connectivity index (χ1v) is 12.9. The summed E-state index contributed by atoms with van der Waals surface area (Å²) in [5.74, 6) is -1.19. The van der Waals surface area contributed by atoms with Gasteiger partial charge in [-0.15, -0.1) is 11.3 Å². The number of aliphatic hydroxyl groups is 1. The van der Waals surface area contributed by atoms with Gasteiger partial charge in [0.25, 0.3) is 11.8 Å². The number of pyridine rings is 1. The second-order valence-electron chi connectivity index (χ2n) is 11.0. The zero-order valence-corrected chi connectivity index (χ0v) is 22.9. The monoisotopic (exact) mass is 541 g/mol. The van der Waals surface area contributed by atoms with E-state index in [2.05, 4.69) is 20.6 Å². The fourth-order valence-corrected chi connectivity index (χ4v) is 4.86. The number of hydrogen-bond donors (Lipinski definition) is 3. The van der Waals surface area contributed by atoms with Crippen molar-refractivity contribution in [2.24, 2.45) is 0 Å². The Bertz CT molecular complexity index is 1170. The zero-order valence-electron chi connectivity index (χ0n) is 22.1. The molecule has 12 heteroatoms. The predicted octanol–water partition coefficient (Wildman–Crippen LogP) is 4.95. The summed E-state index contributed by atoms with van der Waals surface area (Å²) < 4.78 is 42.7. The van der Waals surface area contributed by atoms with Gasteiger partial charge in [-0.3, -0.25) is 9.59 Å². The molecule has 204 valence electrons. The van der Waals surface area contributed by atoms with Crippen molar-refractivity contribution in [2.45, 2.75) is 90.7 Å². The van der Waals surface area contributed by atoms with Crippen LogP contribution in [0.25, 0.3) is 10.4 Å². The Balaban J connectivity index is 2.15. The molecule has 0 radical (unpaired) electrons. The smallest absolute Gasteiger partial charge is 0.388 e. The summed E-state index contributed by atoms with van der Waals surface area (Å²) in [6.45, 7) is 12.3.